The molecule has 1 aliphatic heterocycles. The number of aliphatic hydroxyl groups excluding tert-OH is 1. The van der Waals surface area contributed by atoms with Gasteiger partial charge in [0.05, 0.1) is 36.7 Å². The van der Waals surface area contributed by atoms with Gasteiger partial charge in [-0.2, -0.15) is 0 Å². The predicted octanol–water partition coefficient (Wildman–Crippen LogP) is 3.21. The molecule has 1 heterocycles. The van der Waals surface area contributed by atoms with E-state index in [4.69, 9.17) is 25.7 Å². The van der Waals surface area contributed by atoms with Crippen molar-refractivity contribution < 1.29 is 27.8 Å². The van der Waals surface area contributed by atoms with Crippen LogP contribution < -0.4 is 11.1 Å². The molecule has 2 aromatic carbocycles. The first-order valence-electron chi connectivity index (χ1n) is 11.4. The lowest BCUT2D eigenvalue weighted by molar-refractivity contribution is 0.0394. The van der Waals surface area contributed by atoms with Crippen LogP contribution in [0.15, 0.2) is 35.3 Å². The number of nitrogens with two attached hydrogens (primary N) is 1. The van der Waals surface area contributed by atoms with Crippen molar-refractivity contribution >= 4 is 23.3 Å². The number of rotatable bonds is 6. The lowest BCUT2D eigenvalue weighted by atomic mass is 10.1. The topological polar surface area (TPSA) is 116 Å². The second-order valence-electron chi connectivity index (χ2n) is 7.17. The minimum absolute atomic E-state index is 0.180. The van der Waals surface area contributed by atoms with Crippen molar-refractivity contribution in [2.24, 2.45) is 10.7 Å². The summed E-state index contributed by atoms with van der Waals surface area (Å²) >= 11 is 0. The van der Waals surface area contributed by atoms with Gasteiger partial charge < -0.3 is 25.6 Å². The molecule has 0 amide bonds. The van der Waals surface area contributed by atoms with E-state index in [-0.39, 0.29) is 29.4 Å². The molecule has 11 heteroatoms. The molecule has 5 N–H and O–H groups in total. The Morgan fingerprint density at radius 1 is 1.19 bits per heavy atom. The van der Waals surface area contributed by atoms with Gasteiger partial charge in [-0.05, 0) is 30.3 Å². The quantitative estimate of drug-likeness (QED) is 0.272. The maximum Gasteiger partial charge on any atom is 0.288 e. The van der Waals surface area contributed by atoms with E-state index in [2.05, 4.69) is 27.0 Å². The number of hydrogen-bond donors (Lipinski definition) is 4. The van der Waals surface area contributed by atoms with E-state index in [1.165, 1.54) is 12.1 Å². The molecular weight excluding hydrogens is 475 g/mol. The maximum atomic E-state index is 14.6. The summed E-state index contributed by atoms with van der Waals surface area (Å²) in [6.45, 7) is 7.40. The van der Waals surface area contributed by atoms with Crippen LogP contribution in [0.2, 0.25) is 0 Å². The number of aliphatic imine (C=N–C) groups is 1. The number of anilines is 2. The minimum atomic E-state index is -1.32. The lowest BCUT2D eigenvalue weighted by Crippen LogP contribution is -2.38. The Hall–Kier alpha value is -3.59. The third-order valence-electron chi connectivity index (χ3n) is 4.87. The molecule has 36 heavy (non-hydrogen) atoms. The highest BCUT2D eigenvalue weighted by atomic mass is 19.2. The average Bonchev–Trinajstić information content (AvgIpc) is 2.88. The first-order chi connectivity index (χ1) is 17.4. The van der Waals surface area contributed by atoms with Gasteiger partial charge >= 0.3 is 0 Å². The van der Waals surface area contributed by atoms with Crippen LogP contribution in [0, 0.1) is 34.7 Å². The summed E-state index contributed by atoms with van der Waals surface area (Å²) in [4.78, 5) is 6.19. The van der Waals surface area contributed by atoms with Crippen molar-refractivity contribution in [1.29, 1.82) is 5.41 Å². The largest absolute Gasteiger partial charge is 0.407 e. The van der Waals surface area contributed by atoms with Crippen LogP contribution in [-0.4, -0.2) is 67.9 Å². The molecule has 0 atom stereocenters. The Bertz CT molecular complexity index is 1130. The molecule has 0 aromatic heterocycles. The number of benzene rings is 2. The van der Waals surface area contributed by atoms with Crippen molar-refractivity contribution in [3.63, 3.8) is 0 Å². The number of amidine groups is 1. The molecule has 1 aliphatic rings. The number of ether oxygens (including phenoxy) is 2. The Kier molecular flexibility index (Phi) is 11.7. The Morgan fingerprint density at radius 3 is 2.58 bits per heavy atom. The Morgan fingerprint density at radius 2 is 1.92 bits per heavy atom. The zero-order valence-corrected chi connectivity index (χ0v) is 20.2. The lowest BCUT2D eigenvalue weighted by Gasteiger charge is -2.25. The van der Waals surface area contributed by atoms with Crippen molar-refractivity contribution in [2.75, 3.05) is 51.3 Å². The summed E-state index contributed by atoms with van der Waals surface area (Å²) in [7, 11) is 0. The smallest absolute Gasteiger partial charge is 0.288 e. The maximum absolute atomic E-state index is 14.6. The van der Waals surface area contributed by atoms with Gasteiger partial charge in [0.15, 0.2) is 11.6 Å². The molecule has 2 aromatic rings. The van der Waals surface area contributed by atoms with Crippen LogP contribution in [0.4, 0.5) is 24.5 Å². The summed E-state index contributed by atoms with van der Waals surface area (Å²) in [5.74, 6) is 1.02. The molecule has 8 nitrogen and oxygen atoms in total. The van der Waals surface area contributed by atoms with Crippen LogP contribution in [0.3, 0.4) is 0 Å². The standard InChI is InChI=1S/C23H24F3N5O3.C2H6/c24-17-5-4-16(22(27)34-23(28)29-7-8-31-9-12-33-13-10-31)21(20(17)26)30-19-6-3-15(2-1-11-32)14-18(19)25;1-2/h3-6,14,27,30,32H,7-13H2,(H2,28,29);1-2H3. The number of halogens is 3. The number of hydrogen-bond acceptors (Lipinski definition) is 7. The molecule has 1 fully saturated rings. The van der Waals surface area contributed by atoms with Gasteiger partial charge in [0.25, 0.3) is 6.02 Å². The third kappa shape index (κ3) is 8.27. The Balaban J connectivity index is 0.00000222. The molecule has 3 rings (SSSR count). The van der Waals surface area contributed by atoms with E-state index in [0.29, 0.717) is 26.3 Å². The highest BCUT2D eigenvalue weighted by molar-refractivity contribution is 6.03. The van der Waals surface area contributed by atoms with E-state index in [1.54, 1.807) is 0 Å². The summed E-state index contributed by atoms with van der Waals surface area (Å²) in [6.07, 6.45) is 0. The van der Waals surface area contributed by atoms with Crippen molar-refractivity contribution in [3.8, 4) is 11.8 Å². The highest BCUT2D eigenvalue weighted by Gasteiger charge is 2.20. The first-order valence-corrected chi connectivity index (χ1v) is 11.4. The second kappa shape index (κ2) is 14.7. The van der Waals surface area contributed by atoms with Crippen LogP contribution in [-0.2, 0) is 9.47 Å². The number of aliphatic hydroxyl groups is 1. The molecule has 0 bridgehead atoms. The van der Waals surface area contributed by atoms with Gasteiger partial charge in [-0.1, -0.05) is 25.7 Å². The number of morpholine rings is 1. The van der Waals surface area contributed by atoms with E-state index < -0.39 is 29.0 Å². The first kappa shape index (κ1) is 28.6. The average molecular weight is 506 g/mol. The SMILES string of the molecule is CC.N=C(OC(N)=NCCN1CCOCC1)c1ccc(F)c(F)c1Nc1ccc(C#CCO)cc1F. The van der Waals surface area contributed by atoms with Crippen molar-refractivity contribution in [3.05, 3.63) is 58.9 Å². The fourth-order valence-corrected chi connectivity index (χ4v) is 3.15. The zero-order chi connectivity index (χ0) is 26.5. The minimum Gasteiger partial charge on any atom is -0.407 e. The fourth-order valence-electron chi connectivity index (χ4n) is 3.15. The van der Waals surface area contributed by atoms with Gasteiger partial charge in [0, 0.05) is 25.2 Å². The van der Waals surface area contributed by atoms with Gasteiger partial charge in [-0.25, -0.2) is 18.2 Å². The van der Waals surface area contributed by atoms with Crippen molar-refractivity contribution in [2.45, 2.75) is 13.8 Å². The predicted molar refractivity (Wildman–Crippen MR) is 133 cm³/mol. The fraction of sp³-hybridized carbons (Fsp3) is 0.360. The van der Waals surface area contributed by atoms with E-state index in [0.717, 1.165) is 31.3 Å². The van der Waals surface area contributed by atoms with E-state index >= 15 is 0 Å². The third-order valence-corrected chi connectivity index (χ3v) is 4.87. The van der Waals surface area contributed by atoms with E-state index in [9.17, 15) is 13.2 Å². The normalized spacial score (nSPS) is 13.7. The molecule has 0 spiro atoms. The van der Waals surface area contributed by atoms with Crippen LogP contribution in [0.25, 0.3) is 0 Å². The van der Waals surface area contributed by atoms with Gasteiger partial charge in [0.1, 0.15) is 12.4 Å². The molecular formula is C25H30F3N5O3. The second-order valence-corrected chi connectivity index (χ2v) is 7.17. The molecule has 0 aliphatic carbocycles. The van der Waals surface area contributed by atoms with Crippen molar-refractivity contribution in [1.82, 2.24) is 4.90 Å². The van der Waals surface area contributed by atoms with Crippen LogP contribution in [0.5, 0.6) is 0 Å². The zero-order valence-electron chi connectivity index (χ0n) is 20.2. The van der Waals surface area contributed by atoms with Crippen LogP contribution >= 0.6 is 0 Å². The summed E-state index contributed by atoms with van der Waals surface area (Å²) in [5, 5.41) is 19.4. The van der Waals surface area contributed by atoms with E-state index in [1.807, 2.05) is 13.8 Å². The van der Waals surface area contributed by atoms with Gasteiger partial charge in [0.2, 0.25) is 5.90 Å². The molecule has 0 radical (unpaired) electrons. The monoisotopic (exact) mass is 505 g/mol. The molecule has 1 saturated heterocycles. The molecule has 0 unspecified atom stereocenters. The molecule has 194 valence electrons. The van der Waals surface area contributed by atoms with Gasteiger partial charge in [-0.3, -0.25) is 10.3 Å². The highest BCUT2D eigenvalue weighted by Crippen LogP contribution is 2.28. The Labute approximate surface area is 208 Å². The summed E-state index contributed by atoms with van der Waals surface area (Å²) in [5.41, 5.74) is 5.16. The van der Waals surface area contributed by atoms with Crippen LogP contribution in [0.1, 0.15) is 25.0 Å². The number of nitrogens with zero attached hydrogens (tertiary/aromatic N) is 2. The van der Waals surface area contributed by atoms with Gasteiger partial charge in [-0.15, -0.1) is 0 Å². The number of nitrogens with one attached hydrogen (secondary N) is 2. The summed E-state index contributed by atoms with van der Waals surface area (Å²) < 4.78 is 53.5. The molecule has 0 saturated carbocycles. The summed E-state index contributed by atoms with van der Waals surface area (Å²) in [6, 6.07) is 5.41.